The molecule has 0 amide bonds. The van der Waals surface area contributed by atoms with Gasteiger partial charge in [0.2, 0.25) is 0 Å². The molecular weight excluding hydrogens is 246 g/mol. The minimum absolute atomic E-state index is 0.0575. The smallest absolute Gasteiger partial charge is 0.193 e. The Morgan fingerprint density at radius 1 is 1.50 bits per heavy atom. The Morgan fingerprint density at radius 3 is 2.81 bits per heavy atom. The van der Waals surface area contributed by atoms with Crippen molar-refractivity contribution in [3.63, 3.8) is 0 Å². The van der Waals surface area contributed by atoms with E-state index in [0.29, 0.717) is 12.1 Å². The first kappa shape index (κ1) is 11.8. The van der Waals surface area contributed by atoms with Gasteiger partial charge in [0.05, 0.1) is 5.25 Å². The Labute approximate surface area is 98.8 Å². The molecule has 0 N–H and O–H groups in total. The molecule has 0 spiro atoms. The van der Waals surface area contributed by atoms with Gasteiger partial charge in [0.1, 0.15) is 4.21 Å². The highest BCUT2D eigenvalue weighted by molar-refractivity contribution is 7.94. The van der Waals surface area contributed by atoms with E-state index in [2.05, 4.69) is 0 Å². The van der Waals surface area contributed by atoms with E-state index >= 15 is 0 Å². The molecule has 0 aromatic carbocycles. The molecule has 0 saturated heterocycles. The molecule has 1 aromatic heterocycles. The molecule has 1 aliphatic rings. The van der Waals surface area contributed by atoms with Crippen LogP contribution >= 0.6 is 11.3 Å². The first-order valence-corrected chi connectivity index (χ1v) is 7.35. The van der Waals surface area contributed by atoms with Crippen molar-refractivity contribution in [3.05, 3.63) is 17.0 Å². The van der Waals surface area contributed by atoms with Crippen molar-refractivity contribution in [3.8, 4) is 0 Å². The van der Waals surface area contributed by atoms with Gasteiger partial charge in [0, 0.05) is 18.5 Å². The van der Waals surface area contributed by atoms with Crippen LogP contribution in [0.2, 0.25) is 0 Å². The van der Waals surface area contributed by atoms with Crippen molar-refractivity contribution in [2.45, 2.75) is 15.9 Å². The molecule has 0 aliphatic carbocycles. The topological polar surface area (TPSA) is 54.5 Å². The quantitative estimate of drug-likeness (QED) is 0.796. The molecule has 0 saturated carbocycles. The molecule has 1 atom stereocenters. The SMILES string of the molecule is CN(C)CC1CC(=O)c2ccsc2S1(=O)=O. The minimum atomic E-state index is -3.31. The fourth-order valence-corrected chi connectivity index (χ4v) is 5.27. The lowest BCUT2D eigenvalue weighted by atomic mass is 10.1. The van der Waals surface area contributed by atoms with Crippen molar-refractivity contribution in [1.29, 1.82) is 0 Å². The molecular formula is C10H13NO3S2. The summed E-state index contributed by atoms with van der Waals surface area (Å²) in [5.74, 6) is -0.0575. The van der Waals surface area contributed by atoms with Crippen LogP contribution in [0.15, 0.2) is 15.7 Å². The van der Waals surface area contributed by atoms with E-state index in [4.69, 9.17) is 0 Å². The van der Waals surface area contributed by atoms with Gasteiger partial charge in [-0.1, -0.05) is 0 Å². The molecule has 1 aromatic rings. The number of fused-ring (bicyclic) bond motifs is 1. The van der Waals surface area contributed by atoms with E-state index < -0.39 is 15.1 Å². The summed E-state index contributed by atoms with van der Waals surface area (Å²) in [6, 6.07) is 1.60. The van der Waals surface area contributed by atoms with Gasteiger partial charge in [-0.25, -0.2) is 8.42 Å². The van der Waals surface area contributed by atoms with E-state index in [0.717, 1.165) is 11.3 Å². The van der Waals surface area contributed by atoms with Crippen molar-refractivity contribution >= 4 is 27.0 Å². The molecule has 4 nitrogen and oxygen atoms in total. The van der Waals surface area contributed by atoms with E-state index in [9.17, 15) is 13.2 Å². The van der Waals surface area contributed by atoms with Crippen LogP contribution in [0.5, 0.6) is 0 Å². The maximum atomic E-state index is 12.2. The number of sulfone groups is 1. The first-order chi connectivity index (χ1) is 7.43. The number of carbonyl (C=O) groups is 1. The van der Waals surface area contributed by atoms with Gasteiger partial charge in [-0.2, -0.15) is 0 Å². The fraction of sp³-hybridized carbons (Fsp3) is 0.500. The van der Waals surface area contributed by atoms with Crippen LogP contribution in [-0.2, 0) is 9.84 Å². The zero-order chi connectivity index (χ0) is 11.9. The number of rotatable bonds is 2. The monoisotopic (exact) mass is 259 g/mol. The van der Waals surface area contributed by atoms with Crippen LogP contribution in [0.4, 0.5) is 0 Å². The van der Waals surface area contributed by atoms with Crippen LogP contribution in [0.25, 0.3) is 0 Å². The molecule has 2 rings (SSSR count). The lowest BCUT2D eigenvalue weighted by Gasteiger charge is -2.24. The third kappa shape index (κ3) is 1.81. The Kier molecular flexibility index (Phi) is 2.90. The Morgan fingerprint density at radius 2 is 2.19 bits per heavy atom. The zero-order valence-electron chi connectivity index (χ0n) is 9.13. The maximum absolute atomic E-state index is 12.2. The second-order valence-corrected chi connectivity index (χ2v) is 7.52. The van der Waals surface area contributed by atoms with Crippen LogP contribution in [-0.4, -0.2) is 45.0 Å². The summed E-state index contributed by atoms with van der Waals surface area (Å²) in [6.07, 6.45) is 0.101. The third-order valence-electron chi connectivity index (χ3n) is 2.61. The lowest BCUT2D eigenvalue weighted by molar-refractivity contribution is 0.0972. The number of Topliss-reactive ketones (excluding diaryl/α,β-unsaturated/α-hetero) is 1. The van der Waals surface area contributed by atoms with E-state index in [-0.39, 0.29) is 16.4 Å². The van der Waals surface area contributed by atoms with E-state index in [1.54, 1.807) is 16.3 Å². The number of nitrogens with zero attached hydrogens (tertiary/aromatic N) is 1. The van der Waals surface area contributed by atoms with E-state index in [1.807, 2.05) is 14.1 Å². The molecule has 0 fully saturated rings. The standard InChI is InChI=1S/C10H13NO3S2/c1-11(2)6-7-5-9(12)8-3-4-15-10(8)16(7,13)14/h3-4,7H,5-6H2,1-2H3. The highest BCUT2D eigenvalue weighted by Gasteiger charge is 2.39. The van der Waals surface area contributed by atoms with Crippen LogP contribution in [0.1, 0.15) is 16.8 Å². The summed E-state index contributed by atoms with van der Waals surface area (Å²) < 4.78 is 24.6. The molecule has 88 valence electrons. The second-order valence-electron chi connectivity index (χ2n) is 4.18. The van der Waals surface area contributed by atoms with Crippen molar-refractivity contribution in [2.75, 3.05) is 20.6 Å². The summed E-state index contributed by atoms with van der Waals surface area (Å²) >= 11 is 1.14. The van der Waals surface area contributed by atoms with Gasteiger partial charge in [-0.05, 0) is 25.5 Å². The zero-order valence-corrected chi connectivity index (χ0v) is 10.8. The molecule has 1 unspecified atom stereocenters. The summed E-state index contributed by atoms with van der Waals surface area (Å²) in [5, 5.41) is 1.07. The Balaban J connectivity index is 2.46. The van der Waals surface area contributed by atoms with Gasteiger partial charge >= 0.3 is 0 Å². The van der Waals surface area contributed by atoms with Gasteiger partial charge in [0.25, 0.3) is 0 Å². The summed E-state index contributed by atoms with van der Waals surface area (Å²) in [5.41, 5.74) is 0.375. The van der Waals surface area contributed by atoms with Crippen molar-refractivity contribution in [2.24, 2.45) is 0 Å². The number of carbonyl (C=O) groups excluding carboxylic acids is 1. The summed E-state index contributed by atoms with van der Waals surface area (Å²) in [4.78, 5) is 13.5. The fourth-order valence-electron chi connectivity index (χ4n) is 1.87. The average Bonchev–Trinajstić information content (AvgIpc) is 2.63. The Bertz CT molecular complexity index is 516. The molecule has 2 heterocycles. The lowest BCUT2D eigenvalue weighted by Crippen LogP contribution is -2.37. The van der Waals surface area contributed by atoms with Crippen molar-refractivity contribution in [1.82, 2.24) is 4.90 Å². The number of hydrogen-bond acceptors (Lipinski definition) is 5. The summed E-state index contributed by atoms with van der Waals surface area (Å²) in [7, 11) is 0.307. The van der Waals surface area contributed by atoms with Gasteiger partial charge in [0.15, 0.2) is 15.6 Å². The number of thiophene rings is 1. The molecule has 0 radical (unpaired) electrons. The predicted octanol–water partition coefficient (Wildman–Crippen LogP) is 1.04. The first-order valence-electron chi connectivity index (χ1n) is 4.92. The molecule has 16 heavy (non-hydrogen) atoms. The highest BCUT2D eigenvalue weighted by Crippen LogP contribution is 2.33. The third-order valence-corrected chi connectivity index (χ3v) is 6.23. The second kappa shape index (κ2) is 3.94. The van der Waals surface area contributed by atoms with Gasteiger partial charge in [-0.3, -0.25) is 4.79 Å². The largest absolute Gasteiger partial charge is 0.308 e. The normalized spacial score (nSPS) is 23.4. The van der Waals surface area contributed by atoms with Crippen molar-refractivity contribution < 1.29 is 13.2 Å². The van der Waals surface area contributed by atoms with E-state index in [1.165, 1.54) is 0 Å². The molecule has 6 heteroatoms. The van der Waals surface area contributed by atoms with Crippen LogP contribution in [0.3, 0.4) is 0 Å². The number of hydrogen-bond donors (Lipinski definition) is 0. The van der Waals surface area contributed by atoms with Gasteiger partial charge < -0.3 is 4.90 Å². The Hall–Kier alpha value is -0.720. The number of ketones is 1. The summed E-state index contributed by atoms with van der Waals surface area (Å²) in [6.45, 7) is 0.394. The molecule has 1 aliphatic heterocycles. The minimum Gasteiger partial charge on any atom is -0.308 e. The highest BCUT2D eigenvalue weighted by atomic mass is 32.2. The van der Waals surface area contributed by atoms with Gasteiger partial charge in [-0.15, -0.1) is 11.3 Å². The predicted molar refractivity (Wildman–Crippen MR) is 62.8 cm³/mol. The average molecular weight is 259 g/mol. The van der Waals surface area contributed by atoms with Crippen LogP contribution in [0, 0.1) is 0 Å². The molecule has 0 bridgehead atoms. The maximum Gasteiger partial charge on any atom is 0.193 e. The van der Waals surface area contributed by atoms with Crippen LogP contribution < -0.4 is 0 Å².